The predicted molar refractivity (Wildman–Crippen MR) is 95.6 cm³/mol. The Hall–Kier alpha value is -2.76. The van der Waals surface area contributed by atoms with Gasteiger partial charge in [0.15, 0.2) is 5.76 Å². The molecule has 0 saturated carbocycles. The fourth-order valence-corrected chi connectivity index (χ4v) is 3.01. The quantitative estimate of drug-likeness (QED) is 0.927. The number of furan rings is 1. The van der Waals surface area contributed by atoms with E-state index in [-0.39, 0.29) is 18.4 Å². The molecule has 0 spiro atoms. The third-order valence-electron chi connectivity index (χ3n) is 4.46. The van der Waals surface area contributed by atoms with Crippen LogP contribution in [-0.2, 0) is 4.79 Å². The highest BCUT2D eigenvalue weighted by atomic mass is 16.3. The molecule has 6 nitrogen and oxygen atoms in total. The summed E-state index contributed by atoms with van der Waals surface area (Å²) in [6, 6.07) is 9.47. The number of anilines is 1. The molecular weight excluding hydrogens is 318 g/mol. The summed E-state index contributed by atoms with van der Waals surface area (Å²) < 4.78 is 5.15. The zero-order valence-corrected chi connectivity index (χ0v) is 14.6. The molecule has 1 aromatic carbocycles. The Kier molecular flexibility index (Phi) is 5.07. The van der Waals surface area contributed by atoms with Crippen LogP contribution in [0.1, 0.15) is 21.7 Å². The smallest absolute Gasteiger partial charge is 0.289 e. The minimum absolute atomic E-state index is 0.0464. The molecule has 25 heavy (non-hydrogen) atoms. The predicted octanol–water partition coefficient (Wildman–Crippen LogP) is 2.29. The van der Waals surface area contributed by atoms with Crippen molar-refractivity contribution in [1.29, 1.82) is 0 Å². The largest absolute Gasteiger partial charge is 0.459 e. The van der Waals surface area contributed by atoms with Gasteiger partial charge >= 0.3 is 0 Å². The van der Waals surface area contributed by atoms with Crippen molar-refractivity contribution in [2.45, 2.75) is 13.8 Å². The molecule has 2 amide bonds. The third-order valence-corrected chi connectivity index (χ3v) is 4.46. The number of hydrogen-bond acceptors (Lipinski definition) is 4. The summed E-state index contributed by atoms with van der Waals surface area (Å²) in [6.07, 6.45) is 1.49. The Morgan fingerprint density at radius 2 is 1.80 bits per heavy atom. The molecule has 1 N–H and O–H groups in total. The van der Waals surface area contributed by atoms with E-state index in [4.69, 9.17) is 4.42 Å². The second-order valence-electron chi connectivity index (χ2n) is 6.32. The number of piperazine rings is 1. The first-order chi connectivity index (χ1) is 12.0. The molecule has 0 aliphatic carbocycles. The van der Waals surface area contributed by atoms with E-state index in [0.717, 1.165) is 11.3 Å². The number of nitrogens with zero attached hydrogens (tertiary/aromatic N) is 2. The lowest BCUT2D eigenvalue weighted by Crippen LogP contribution is -2.51. The van der Waals surface area contributed by atoms with Crippen molar-refractivity contribution in [1.82, 2.24) is 9.80 Å². The van der Waals surface area contributed by atoms with Crippen LogP contribution in [0.2, 0.25) is 0 Å². The minimum Gasteiger partial charge on any atom is -0.459 e. The molecule has 1 saturated heterocycles. The highest BCUT2D eigenvalue weighted by Crippen LogP contribution is 2.16. The first kappa shape index (κ1) is 17.1. The summed E-state index contributed by atoms with van der Waals surface area (Å²) in [4.78, 5) is 28.1. The second kappa shape index (κ2) is 7.42. The fourth-order valence-electron chi connectivity index (χ4n) is 3.01. The van der Waals surface area contributed by atoms with Crippen molar-refractivity contribution >= 4 is 17.5 Å². The standard InChI is InChI=1S/C19H23N3O3/c1-14-5-6-16(15(2)12-14)20-13-18(23)21-7-9-22(10-8-21)19(24)17-4-3-11-25-17/h3-6,11-12,20H,7-10,13H2,1-2H3. The van der Waals surface area contributed by atoms with Crippen LogP contribution in [-0.4, -0.2) is 54.3 Å². The lowest BCUT2D eigenvalue weighted by Gasteiger charge is -2.34. The molecule has 2 heterocycles. The lowest BCUT2D eigenvalue weighted by molar-refractivity contribution is -0.130. The van der Waals surface area contributed by atoms with E-state index < -0.39 is 0 Å². The average Bonchev–Trinajstić information content (AvgIpc) is 3.15. The number of aryl methyl sites for hydroxylation is 2. The van der Waals surface area contributed by atoms with Crippen LogP contribution in [0.5, 0.6) is 0 Å². The first-order valence-electron chi connectivity index (χ1n) is 8.46. The van der Waals surface area contributed by atoms with Crippen molar-refractivity contribution in [3.63, 3.8) is 0 Å². The molecule has 0 radical (unpaired) electrons. The summed E-state index contributed by atoms with van der Waals surface area (Å²) in [6.45, 7) is 6.46. The third kappa shape index (κ3) is 4.02. The molecule has 1 aliphatic heterocycles. The van der Waals surface area contributed by atoms with Crippen molar-refractivity contribution in [2.75, 3.05) is 38.0 Å². The van der Waals surface area contributed by atoms with Gasteiger partial charge in [0.05, 0.1) is 12.8 Å². The van der Waals surface area contributed by atoms with Gasteiger partial charge in [0.2, 0.25) is 5.91 Å². The molecule has 1 fully saturated rings. The van der Waals surface area contributed by atoms with Gasteiger partial charge in [-0.3, -0.25) is 9.59 Å². The molecule has 0 unspecified atom stereocenters. The van der Waals surface area contributed by atoms with Gasteiger partial charge in [-0.05, 0) is 37.6 Å². The van der Waals surface area contributed by atoms with Gasteiger partial charge in [-0.1, -0.05) is 17.7 Å². The Morgan fingerprint density at radius 1 is 1.08 bits per heavy atom. The second-order valence-corrected chi connectivity index (χ2v) is 6.32. The molecule has 0 bridgehead atoms. The number of hydrogen-bond donors (Lipinski definition) is 1. The maximum Gasteiger partial charge on any atom is 0.289 e. The Balaban J connectivity index is 1.49. The van der Waals surface area contributed by atoms with Crippen LogP contribution in [0.25, 0.3) is 0 Å². The normalized spacial score (nSPS) is 14.5. The van der Waals surface area contributed by atoms with Crippen LogP contribution in [0.15, 0.2) is 41.0 Å². The molecular formula is C19H23N3O3. The SMILES string of the molecule is Cc1ccc(NCC(=O)N2CCN(C(=O)c3ccco3)CC2)c(C)c1. The number of benzene rings is 1. The molecule has 3 rings (SSSR count). The number of rotatable bonds is 4. The van der Waals surface area contributed by atoms with E-state index >= 15 is 0 Å². The molecule has 1 aromatic heterocycles. The Labute approximate surface area is 147 Å². The van der Waals surface area contributed by atoms with Crippen LogP contribution in [0.4, 0.5) is 5.69 Å². The number of carbonyl (C=O) groups excluding carboxylic acids is 2. The maximum atomic E-state index is 12.4. The lowest BCUT2D eigenvalue weighted by atomic mass is 10.1. The number of carbonyl (C=O) groups is 2. The number of nitrogens with one attached hydrogen (secondary N) is 1. The zero-order valence-electron chi connectivity index (χ0n) is 14.6. The summed E-state index contributed by atoms with van der Waals surface area (Å²) in [7, 11) is 0. The maximum absolute atomic E-state index is 12.4. The molecule has 132 valence electrons. The topological polar surface area (TPSA) is 65.8 Å². The number of amides is 2. The van der Waals surface area contributed by atoms with E-state index in [0.29, 0.717) is 31.9 Å². The summed E-state index contributed by atoms with van der Waals surface area (Å²) >= 11 is 0. The monoisotopic (exact) mass is 341 g/mol. The van der Waals surface area contributed by atoms with E-state index in [1.807, 2.05) is 26.0 Å². The Bertz CT molecular complexity index is 747. The average molecular weight is 341 g/mol. The summed E-state index contributed by atoms with van der Waals surface area (Å²) in [5.74, 6) is 0.270. The van der Waals surface area contributed by atoms with E-state index in [9.17, 15) is 9.59 Å². The van der Waals surface area contributed by atoms with Gasteiger partial charge in [0.25, 0.3) is 5.91 Å². The Morgan fingerprint density at radius 3 is 2.44 bits per heavy atom. The highest BCUT2D eigenvalue weighted by molar-refractivity contribution is 5.91. The van der Waals surface area contributed by atoms with Crippen molar-refractivity contribution < 1.29 is 14.0 Å². The highest BCUT2D eigenvalue weighted by Gasteiger charge is 2.25. The van der Waals surface area contributed by atoms with Crippen LogP contribution in [0, 0.1) is 13.8 Å². The van der Waals surface area contributed by atoms with Gasteiger partial charge in [-0.15, -0.1) is 0 Å². The van der Waals surface area contributed by atoms with E-state index in [1.165, 1.54) is 11.8 Å². The molecule has 0 atom stereocenters. The van der Waals surface area contributed by atoms with E-state index in [1.54, 1.807) is 21.9 Å². The van der Waals surface area contributed by atoms with E-state index in [2.05, 4.69) is 11.4 Å². The molecule has 1 aliphatic rings. The van der Waals surface area contributed by atoms with Gasteiger partial charge in [0.1, 0.15) is 0 Å². The van der Waals surface area contributed by atoms with Crippen LogP contribution in [0.3, 0.4) is 0 Å². The summed E-state index contributed by atoms with van der Waals surface area (Å²) in [5, 5.41) is 3.21. The van der Waals surface area contributed by atoms with Crippen molar-refractivity contribution in [3.8, 4) is 0 Å². The summed E-state index contributed by atoms with van der Waals surface area (Å²) in [5.41, 5.74) is 3.30. The van der Waals surface area contributed by atoms with Gasteiger partial charge in [-0.2, -0.15) is 0 Å². The van der Waals surface area contributed by atoms with Crippen LogP contribution < -0.4 is 5.32 Å². The molecule has 6 heteroatoms. The zero-order chi connectivity index (χ0) is 17.8. The van der Waals surface area contributed by atoms with Gasteiger partial charge in [0, 0.05) is 31.9 Å². The van der Waals surface area contributed by atoms with Gasteiger partial charge in [-0.25, -0.2) is 0 Å². The van der Waals surface area contributed by atoms with Crippen LogP contribution >= 0.6 is 0 Å². The van der Waals surface area contributed by atoms with Crippen molar-refractivity contribution in [3.05, 3.63) is 53.5 Å². The fraction of sp³-hybridized carbons (Fsp3) is 0.368. The minimum atomic E-state index is -0.120. The first-order valence-corrected chi connectivity index (χ1v) is 8.46. The van der Waals surface area contributed by atoms with Crippen molar-refractivity contribution in [2.24, 2.45) is 0 Å². The molecule has 2 aromatic rings. The van der Waals surface area contributed by atoms with Gasteiger partial charge < -0.3 is 19.5 Å².